The van der Waals surface area contributed by atoms with Gasteiger partial charge in [0, 0.05) is 12.2 Å². The van der Waals surface area contributed by atoms with Crippen molar-refractivity contribution in [1.82, 2.24) is 5.32 Å². The van der Waals surface area contributed by atoms with Gasteiger partial charge in [0.1, 0.15) is 11.5 Å². The molecule has 0 saturated carbocycles. The van der Waals surface area contributed by atoms with Gasteiger partial charge in [-0.3, -0.25) is 0 Å². The Hall–Kier alpha value is -3.81. The normalized spacial score (nSPS) is 10.4. The van der Waals surface area contributed by atoms with E-state index in [1.807, 2.05) is 12.1 Å². The monoisotopic (exact) mass is 414 g/mol. The fraction of sp³-hybridized carbons (Fsp3) is 0.136. The third-order valence-corrected chi connectivity index (χ3v) is 4.01. The lowest BCUT2D eigenvalue weighted by molar-refractivity contribution is -0.0498. The van der Waals surface area contributed by atoms with Crippen LogP contribution in [0.15, 0.2) is 72.8 Å². The quantitative estimate of drug-likeness (QED) is 0.517. The Balaban J connectivity index is 1.49. The molecule has 3 aromatic rings. The first kappa shape index (κ1) is 20.9. The fourth-order valence-electron chi connectivity index (χ4n) is 2.58. The van der Waals surface area contributed by atoms with E-state index in [0.717, 1.165) is 5.56 Å². The molecule has 6 nitrogen and oxygen atoms in total. The number of carbonyl (C=O) groups is 1. The van der Waals surface area contributed by atoms with Gasteiger partial charge in [-0.1, -0.05) is 24.3 Å². The zero-order valence-corrected chi connectivity index (χ0v) is 16.1. The number of hydrogen-bond acceptors (Lipinski definition) is 4. The van der Waals surface area contributed by atoms with E-state index in [1.54, 1.807) is 55.6 Å². The molecule has 2 N–H and O–H groups in total. The van der Waals surface area contributed by atoms with Crippen LogP contribution in [-0.2, 0) is 6.54 Å². The number of hydrogen-bond donors (Lipinski definition) is 2. The van der Waals surface area contributed by atoms with Gasteiger partial charge < -0.3 is 24.8 Å². The fourth-order valence-corrected chi connectivity index (χ4v) is 2.58. The summed E-state index contributed by atoms with van der Waals surface area (Å²) in [7, 11) is 1.57. The van der Waals surface area contributed by atoms with Crippen LogP contribution in [0.2, 0.25) is 0 Å². The Morgan fingerprint density at radius 1 is 0.900 bits per heavy atom. The standard InChI is InChI=1S/C22H20F2N2O4/c1-28-19-4-2-3-5-20(19)29-17-12-8-16(9-13-17)26-22(27)25-14-15-6-10-18(11-7-15)30-21(23)24/h2-13,21H,14H2,1H3,(H2,25,26,27). The van der Waals surface area contributed by atoms with Gasteiger partial charge in [0.15, 0.2) is 11.5 Å². The van der Waals surface area contributed by atoms with E-state index in [2.05, 4.69) is 15.4 Å². The predicted molar refractivity (Wildman–Crippen MR) is 108 cm³/mol. The molecule has 0 fully saturated rings. The molecule has 0 bridgehead atoms. The molecular weight excluding hydrogens is 394 g/mol. The van der Waals surface area contributed by atoms with Crippen molar-refractivity contribution in [3.05, 3.63) is 78.4 Å². The summed E-state index contributed by atoms with van der Waals surface area (Å²) in [5, 5.41) is 5.40. The molecule has 156 valence electrons. The van der Waals surface area contributed by atoms with E-state index in [4.69, 9.17) is 9.47 Å². The van der Waals surface area contributed by atoms with Crippen molar-refractivity contribution in [2.45, 2.75) is 13.2 Å². The van der Waals surface area contributed by atoms with Crippen molar-refractivity contribution < 1.29 is 27.8 Å². The van der Waals surface area contributed by atoms with E-state index in [0.29, 0.717) is 22.9 Å². The van der Waals surface area contributed by atoms with Crippen molar-refractivity contribution in [1.29, 1.82) is 0 Å². The number of amides is 2. The average Bonchev–Trinajstić information content (AvgIpc) is 2.75. The maximum absolute atomic E-state index is 12.1. The number of methoxy groups -OCH3 is 1. The Kier molecular flexibility index (Phi) is 7.05. The third-order valence-electron chi connectivity index (χ3n) is 4.01. The smallest absolute Gasteiger partial charge is 0.387 e. The maximum Gasteiger partial charge on any atom is 0.387 e. The van der Waals surface area contributed by atoms with Crippen LogP contribution >= 0.6 is 0 Å². The van der Waals surface area contributed by atoms with E-state index in [-0.39, 0.29) is 12.3 Å². The second-order valence-corrected chi connectivity index (χ2v) is 6.11. The van der Waals surface area contributed by atoms with Crippen LogP contribution in [0.1, 0.15) is 5.56 Å². The molecule has 3 rings (SSSR count). The molecule has 8 heteroatoms. The second-order valence-electron chi connectivity index (χ2n) is 6.11. The predicted octanol–water partition coefficient (Wildman–Crippen LogP) is 5.41. The molecule has 0 saturated heterocycles. The summed E-state index contributed by atoms with van der Waals surface area (Å²) in [6, 6.07) is 19.8. The molecular formula is C22H20F2N2O4. The van der Waals surface area contributed by atoms with Crippen LogP contribution in [-0.4, -0.2) is 19.8 Å². The minimum atomic E-state index is -2.87. The Labute approximate surface area is 172 Å². The van der Waals surface area contributed by atoms with Gasteiger partial charge in [0.2, 0.25) is 0 Å². The molecule has 0 aromatic heterocycles. The van der Waals surface area contributed by atoms with E-state index in [9.17, 15) is 13.6 Å². The minimum Gasteiger partial charge on any atom is -0.493 e. The van der Waals surface area contributed by atoms with E-state index >= 15 is 0 Å². The van der Waals surface area contributed by atoms with Gasteiger partial charge in [-0.05, 0) is 54.1 Å². The van der Waals surface area contributed by atoms with Gasteiger partial charge in [0.05, 0.1) is 7.11 Å². The number of urea groups is 1. The SMILES string of the molecule is COc1ccccc1Oc1ccc(NC(=O)NCc2ccc(OC(F)F)cc2)cc1. The molecule has 0 spiro atoms. The number of carbonyl (C=O) groups excluding carboxylic acids is 1. The first-order valence-corrected chi connectivity index (χ1v) is 9.03. The average molecular weight is 414 g/mol. The maximum atomic E-state index is 12.1. The van der Waals surface area contributed by atoms with Crippen LogP contribution in [0.4, 0.5) is 19.3 Å². The van der Waals surface area contributed by atoms with Crippen LogP contribution < -0.4 is 24.8 Å². The first-order chi connectivity index (χ1) is 14.5. The molecule has 0 aliphatic rings. The molecule has 0 aliphatic heterocycles. The topological polar surface area (TPSA) is 68.8 Å². The van der Waals surface area contributed by atoms with Gasteiger partial charge >= 0.3 is 12.6 Å². The summed E-state index contributed by atoms with van der Waals surface area (Å²) in [6.45, 7) is -2.64. The summed E-state index contributed by atoms with van der Waals surface area (Å²) in [5.74, 6) is 1.86. The largest absolute Gasteiger partial charge is 0.493 e. The van der Waals surface area contributed by atoms with E-state index < -0.39 is 12.6 Å². The third kappa shape index (κ3) is 6.10. The Bertz CT molecular complexity index is 964. The zero-order valence-electron chi connectivity index (χ0n) is 16.1. The second kappa shape index (κ2) is 10.1. The van der Waals surface area contributed by atoms with Gasteiger partial charge in [-0.15, -0.1) is 0 Å². The number of rotatable bonds is 8. The van der Waals surface area contributed by atoms with Crippen LogP contribution in [0.25, 0.3) is 0 Å². The number of ether oxygens (including phenoxy) is 3. The highest BCUT2D eigenvalue weighted by atomic mass is 19.3. The summed E-state index contributed by atoms with van der Waals surface area (Å²) in [5.41, 5.74) is 1.33. The number of para-hydroxylation sites is 2. The molecule has 3 aromatic carbocycles. The van der Waals surface area contributed by atoms with Crippen molar-refractivity contribution in [3.8, 4) is 23.0 Å². The summed E-state index contributed by atoms with van der Waals surface area (Å²) >= 11 is 0. The lowest BCUT2D eigenvalue weighted by Crippen LogP contribution is -2.28. The number of nitrogens with one attached hydrogen (secondary N) is 2. The van der Waals surface area contributed by atoms with Crippen molar-refractivity contribution >= 4 is 11.7 Å². The molecule has 0 unspecified atom stereocenters. The van der Waals surface area contributed by atoms with Crippen LogP contribution in [0.3, 0.4) is 0 Å². The van der Waals surface area contributed by atoms with Crippen LogP contribution in [0, 0.1) is 0 Å². The Morgan fingerprint density at radius 3 is 2.17 bits per heavy atom. The summed E-state index contributed by atoms with van der Waals surface area (Å²) in [6.07, 6.45) is 0. The van der Waals surface area contributed by atoms with Crippen molar-refractivity contribution in [2.75, 3.05) is 12.4 Å². The highest BCUT2D eigenvalue weighted by Crippen LogP contribution is 2.31. The van der Waals surface area contributed by atoms with Crippen molar-refractivity contribution in [2.24, 2.45) is 0 Å². The zero-order chi connectivity index (χ0) is 21.3. The Morgan fingerprint density at radius 2 is 1.53 bits per heavy atom. The van der Waals surface area contributed by atoms with E-state index in [1.165, 1.54) is 12.1 Å². The number of benzene rings is 3. The summed E-state index contributed by atoms with van der Waals surface area (Å²) in [4.78, 5) is 12.1. The highest BCUT2D eigenvalue weighted by Gasteiger charge is 2.07. The molecule has 30 heavy (non-hydrogen) atoms. The number of anilines is 1. The lowest BCUT2D eigenvalue weighted by atomic mass is 10.2. The number of halogens is 2. The molecule has 2 amide bonds. The van der Waals surface area contributed by atoms with Gasteiger partial charge in [-0.25, -0.2) is 4.79 Å². The summed E-state index contributed by atoms with van der Waals surface area (Å²) < 4.78 is 39.6. The first-order valence-electron chi connectivity index (χ1n) is 9.03. The minimum absolute atomic E-state index is 0.0635. The highest BCUT2D eigenvalue weighted by molar-refractivity contribution is 5.89. The molecule has 0 heterocycles. The molecule has 0 aliphatic carbocycles. The van der Waals surface area contributed by atoms with Gasteiger partial charge in [0.25, 0.3) is 0 Å². The van der Waals surface area contributed by atoms with Gasteiger partial charge in [-0.2, -0.15) is 8.78 Å². The van der Waals surface area contributed by atoms with Crippen LogP contribution in [0.5, 0.6) is 23.0 Å². The van der Waals surface area contributed by atoms with Crippen molar-refractivity contribution in [3.63, 3.8) is 0 Å². The molecule has 0 atom stereocenters. The lowest BCUT2D eigenvalue weighted by Gasteiger charge is -2.11. The number of alkyl halides is 2. The molecule has 0 radical (unpaired) electrons.